The molecule has 0 aromatic rings. The average molecular weight is 376 g/mol. The van der Waals surface area contributed by atoms with Gasteiger partial charge in [-0.1, -0.05) is 12.8 Å². The SMILES string of the molecule is O=C(CN1CCCCCC1)N1CCC2(CCC(=O)N(CC3CC3)CC2)CC1. The van der Waals surface area contributed by atoms with Gasteiger partial charge in [0.15, 0.2) is 0 Å². The number of amides is 2. The molecule has 1 aliphatic carbocycles. The van der Waals surface area contributed by atoms with Crippen LogP contribution in [0.25, 0.3) is 0 Å². The van der Waals surface area contributed by atoms with Crippen LogP contribution >= 0.6 is 0 Å². The van der Waals surface area contributed by atoms with Crippen molar-refractivity contribution < 1.29 is 9.59 Å². The van der Waals surface area contributed by atoms with Crippen molar-refractivity contribution >= 4 is 11.8 Å². The van der Waals surface area contributed by atoms with E-state index in [1.165, 1.54) is 38.5 Å². The minimum Gasteiger partial charge on any atom is -0.342 e. The fraction of sp³-hybridized carbons (Fsp3) is 0.909. The summed E-state index contributed by atoms with van der Waals surface area (Å²) in [6, 6.07) is 0. The molecule has 3 aliphatic heterocycles. The molecule has 0 radical (unpaired) electrons. The van der Waals surface area contributed by atoms with Crippen molar-refractivity contribution in [3.8, 4) is 0 Å². The first kappa shape index (κ1) is 19.2. The lowest BCUT2D eigenvalue weighted by Gasteiger charge is -2.42. The molecular formula is C22H37N3O2. The number of hydrogen-bond acceptors (Lipinski definition) is 3. The van der Waals surface area contributed by atoms with Crippen molar-refractivity contribution in [2.75, 3.05) is 45.8 Å². The summed E-state index contributed by atoms with van der Waals surface area (Å²) in [6.45, 7) is 6.50. The highest BCUT2D eigenvalue weighted by Gasteiger charge is 2.39. The summed E-state index contributed by atoms with van der Waals surface area (Å²) in [7, 11) is 0. The molecule has 0 atom stereocenters. The van der Waals surface area contributed by atoms with E-state index in [2.05, 4.69) is 14.7 Å². The third-order valence-corrected chi connectivity index (χ3v) is 7.54. The number of piperidine rings is 1. The molecule has 4 rings (SSSR count). The summed E-state index contributed by atoms with van der Waals surface area (Å²) >= 11 is 0. The van der Waals surface area contributed by atoms with E-state index in [1.54, 1.807) is 0 Å². The molecule has 4 aliphatic rings. The molecule has 1 spiro atoms. The molecule has 3 heterocycles. The second-order valence-corrected chi connectivity index (χ2v) is 9.60. The van der Waals surface area contributed by atoms with E-state index in [0.717, 1.165) is 70.9 Å². The monoisotopic (exact) mass is 375 g/mol. The predicted octanol–water partition coefficient (Wildman–Crippen LogP) is 2.89. The van der Waals surface area contributed by atoms with E-state index in [4.69, 9.17) is 0 Å². The summed E-state index contributed by atoms with van der Waals surface area (Å²) in [4.78, 5) is 31.9. The molecule has 0 unspecified atom stereocenters. The van der Waals surface area contributed by atoms with E-state index in [1.807, 2.05) is 0 Å². The van der Waals surface area contributed by atoms with Crippen LogP contribution in [0.15, 0.2) is 0 Å². The van der Waals surface area contributed by atoms with Gasteiger partial charge in [0.2, 0.25) is 11.8 Å². The topological polar surface area (TPSA) is 43.9 Å². The summed E-state index contributed by atoms with van der Waals surface area (Å²) in [5, 5.41) is 0. The largest absolute Gasteiger partial charge is 0.342 e. The fourth-order valence-corrected chi connectivity index (χ4v) is 5.27. The normalized spacial score (nSPS) is 27.5. The number of carbonyl (C=O) groups excluding carboxylic acids is 2. The Balaban J connectivity index is 1.26. The van der Waals surface area contributed by atoms with Gasteiger partial charge >= 0.3 is 0 Å². The van der Waals surface area contributed by atoms with Gasteiger partial charge in [-0.05, 0) is 75.8 Å². The second-order valence-electron chi connectivity index (χ2n) is 9.60. The quantitative estimate of drug-likeness (QED) is 0.759. The van der Waals surface area contributed by atoms with Gasteiger partial charge in [0, 0.05) is 32.6 Å². The molecule has 2 amide bonds. The van der Waals surface area contributed by atoms with Crippen LogP contribution in [-0.4, -0.2) is 72.3 Å². The lowest BCUT2D eigenvalue weighted by molar-refractivity contribution is -0.135. The highest BCUT2D eigenvalue weighted by molar-refractivity contribution is 5.78. The zero-order valence-electron chi connectivity index (χ0n) is 17.0. The van der Waals surface area contributed by atoms with Crippen LogP contribution < -0.4 is 0 Å². The third kappa shape index (κ3) is 5.04. The van der Waals surface area contributed by atoms with E-state index < -0.39 is 0 Å². The van der Waals surface area contributed by atoms with Crippen LogP contribution in [-0.2, 0) is 9.59 Å². The molecule has 1 saturated carbocycles. The van der Waals surface area contributed by atoms with Crippen molar-refractivity contribution in [3.63, 3.8) is 0 Å². The predicted molar refractivity (Wildman–Crippen MR) is 106 cm³/mol. The van der Waals surface area contributed by atoms with E-state index in [9.17, 15) is 9.59 Å². The molecule has 27 heavy (non-hydrogen) atoms. The molecule has 0 aromatic carbocycles. The van der Waals surface area contributed by atoms with Crippen molar-refractivity contribution in [1.82, 2.24) is 14.7 Å². The highest BCUT2D eigenvalue weighted by atomic mass is 16.2. The number of likely N-dealkylation sites (tertiary alicyclic amines) is 3. The Labute approximate surface area is 164 Å². The molecule has 5 nitrogen and oxygen atoms in total. The van der Waals surface area contributed by atoms with Gasteiger partial charge in [0.1, 0.15) is 0 Å². The molecule has 3 saturated heterocycles. The maximum absolute atomic E-state index is 12.8. The lowest BCUT2D eigenvalue weighted by atomic mass is 9.73. The van der Waals surface area contributed by atoms with Crippen molar-refractivity contribution in [1.29, 1.82) is 0 Å². The third-order valence-electron chi connectivity index (χ3n) is 7.54. The fourth-order valence-electron chi connectivity index (χ4n) is 5.27. The Hall–Kier alpha value is -1.10. The van der Waals surface area contributed by atoms with Gasteiger partial charge in [0.25, 0.3) is 0 Å². The van der Waals surface area contributed by atoms with Crippen molar-refractivity contribution in [3.05, 3.63) is 0 Å². The lowest BCUT2D eigenvalue weighted by Crippen LogP contribution is -2.47. The smallest absolute Gasteiger partial charge is 0.236 e. The van der Waals surface area contributed by atoms with Gasteiger partial charge in [-0.2, -0.15) is 0 Å². The first-order valence-corrected chi connectivity index (χ1v) is 11.4. The van der Waals surface area contributed by atoms with Crippen LogP contribution in [0.2, 0.25) is 0 Å². The molecule has 0 aromatic heterocycles. The summed E-state index contributed by atoms with van der Waals surface area (Å²) in [6.07, 6.45) is 12.8. The summed E-state index contributed by atoms with van der Waals surface area (Å²) < 4.78 is 0. The van der Waals surface area contributed by atoms with Gasteiger partial charge in [-0.3, -0.25) is 14.5 Å². The molecular weight excluding hydrogens is 338 g/mol. The van der Waals surface area contributed by atoms with Crippen LogP contribution in [0, 0.1) is 11.3 Å². The highest BCUT2D eigenvalue weighted by Crippen LogP contribution is 2.42. The Morgan fingerprint density at radius 2 is 1.56 bits per heavy atom. The Bertz CT molecular complexity index is 530. The first-order chi connectivity index (χ1) is 13.1. The zero-order valence-corrected chi connectivity index (χ0v) is 17.0. The molecule has 5 heteroatoms. The van der Waals surface area contributed by atoms with Gasteiger partial charge in [-0.15, -0.1) is 0 Å². The van der Waals surface area contributed by atoms with E-state index in [0.29, 0.717) is 30.2 Å². The number of nitrogens with zero attached hydrogens (tertiary/aromatic N) is 3. The Morgan fingerprint density at radius 3 is 2.22 bits per heavy atom. The minimum atomic E-state index is 0.299. The number of carbonyl (C=O) groups is 2. The van der Waals surface area contributed by atoms with Crippen molar-refractivity contribution in [2.24, 2.45) is 11.3 Å². The van der Waals surface area contributed by atoms with E-state index in [-0.39, 0.29) is 0 Å². The first-order valence-electron chi connectivity index (χ1n) is 11.4. The number of hydrogen-bond donors (Lipinski definition) is 0. The van der Waals surface area contributed by atoms with Crippen molar-refractivity contribution in [2.45, 2.75) is 70.6 Å². The van der Waals surface area contributed by atoms with Gasteiger partial charge in [-0.25, -0.2) is 0 Å². The standard InChI is InChI=1S/C22H37N3O2/c26-20-7-8-22(11-16-25(20)17-19-5-6-19)9-14-24(15-10-22)21(27)18-23-12-3-1-2-4-13-23/h19H,1-18H2. The van der Waals surface area contributed by atoms with Gasteiger partial charge in [0.05, 0.1) is 6.54 Å². The van der Waals surface area contributed by atoms with Crippen LogP contribution in [0.1, 0.15) is 70.6 Å². The second kappa shape index (κ2) is 8.50. The minimum absolute atomic E-state index is 0.299. The Kier molecular flexibility index (Phi) is 6.05. The number of rotatable bonds is 4. The maximum Gasteiger partial charge on any atom is 0.236 e. The molecule has 152 valence electrons. The molecule has 0 N–H and O–H groups in total. The Morgan fingerprint density at radius 1 is 0.889 bits per heavy atom. The van der Waals surface area contributed by atoms with Crippen LogP contribution in [0.4, 0.5) is 0 Å². The molecule has 0 bridgehead atoms. The summed E-state index contributed by atoms with van der Waals surface area (Å²) in [5.41, 5.74) is 0.299. The average Bonchev–Trinajstić information content (AvgIpc) is 3.52. The van der Waals surface area contributed by atoms with Crippen LogP contribution in [0.3, 0.4) is 0 Å². The van der Waals surface area contributed by atoms with Gasteiger partial charge < -0.3 is 9.80 Å². The summed E-state index contributed by atoms with van der Waals surface area (Å²) in [5.74, 6) is 1.48. The maximum atomic E-state index is 12.8. The van der Waals surface area contributed by atoms with E-state index >= 15 is 0 Å². The van der Waals surface area contributed by atoms with Crippen LogP contribution in [0.5, 0.6) is 0 Å². The zero-order chi connectivity index (χ0) is 18.7. The molecule has 4 fully saturated rings.